The molecule has 0 aliphatic carbocycles. The van der Waals surface area contributed by atoms with Gasteiger partial charge < -0.3 is 9.47 Å². The second-order valence-corrected chi connectivity index (χ2v) is 5.16. The van der Waals surface area contributed by atoms with Gasteiger partial charge in [-0.15, -0.1) is 0 Å². The van der Waals surface area contributed by atoms with Crippen molar-refractivity contribution in [3.8, 4) is 0 Å². The first-order valence-electron chi connectivity index (χ1n) is 6.39. The van der Waals surface area contributed by atoms with Gasteiger partial charge in [-0.3, -0.25) is 13.9 Å². The van der Waals surface area contributed by atoms with Crippen molar-refractivity contribution >= 4 is 0 Å². The predicted molar refractivity (Wildman–Crippen MR) is 70.2 cm³/mol. The van der Waals surface area contributed by atoms with Crippen molar-refractivity contribution in [2.75, 3.05) is 13.7 Å². The molecule has 0 spiro atoms. The molecule has 0 radical (unpaired) electrons. The van der Waals surface area contributed by atoms with E-state index < -0.39 is 0 Å². The third-order valence-electron chi connectivity index (χ3n) is 3.66. The molecule has 0 bridgehead atoms. The summed E-state index contributed by atoms with van der Waals surface area (Å²) in [5.74, 6) is 0.314. The van der Waals surface area contributed by atoms with Gasteiger partial charge in [0, 0.05) is 25.9 Å². The lowest BCUT2D eigenvalue weighted by molar-refractivity contribution is -0.0409. The molecule has 1 fully saturated rings. The van der Waals surface area contributed by atoms with Gasteiger partial charge in [0.05, 0.1) is 12.7 Å². The number of aryl methyl sites for hydroxylation is 1. The van der Waals surface area contributed by atoms with Crippen LogP contribution in [0.4, 0.5) is 0 Å². The van der Waals surface area contributed by atoms with E-state index in [0.717, 1.165) is 11.0 Å². The Balaban J connectivity index is 2.35. The zero-order valence-corrected chi connectivity index (χ0v) is 11.8. The molecule has 1 saturated heterocycles. The maximum atomic E-state index is 12.1. The van der Waals surface area contributed by atoms with E-state index in [0.29, 0.717) is 18.1 Å². The Kier molecular flexibility index (Phi) is 3.91. The lowest BCUT2D eigenvalue weighted by atomic mass is 10.0. The Bertz CT molecular complexity index is 575. The van der Waals surface area contributed by atoms with Crippen LogP contribution in [0.2, 0.25) is 0 Å². The highest BCUT2D eigenvalue weighted by atomic mass is 16.5. The predicted octanol–water partition coefficient (Wildman–Crippen LogP) is 0.425. The average molecular weight is 268 g/mol. The zero-order chi connectivity index (χ0) is 14.2. The minimum atomic E-state index is -0.342. The Hall–Kier alpha value is -1.40. The molecule has 2 heterocycles. The van der Waals surface area contributed by atoms with E-state index >= 15 is 0 Å². The van der Waals surface area contributed by atoms with Gasteiger partial charge >= 0.3 is 5.69 Å². The van der Waals surface area contributed by atoms with Crippen LogP contribution in [-0.2, 0) is 16.5 Å². The second-order valence-electron chi connectivity index (χ2n) is 5.16. The summed E-state index contributed by atoms with van der Waals surface area (Å²) in [4.78, 5) is 23.8. The highest BCUT2D eigenvalue weighted by Gasteiger charge is 2.34. The van der Waals surface area contributed by atoms with E-state index in [1.165, 1.54) is 11.6 Å². The summed E-state index contributed by atoms with van der Waals surface area (Å²) in [7, 11) is 3.12. The van der Waals surface area contributed by atoms with Gasteiger partial charge in [0.1, 0.15) is 6.23 Å². The van der Waals surface area contributed by atoms with Gasteiger partial charge in [0.25, 0.3) is 5.56 Å². The smallest absolute Gasteiger partial charge is 0.332 e. The van der Waals surface area contributed by atoms with Crippen molar-refractivity contribution in [3.63, 3.8) is 0 Å². The van der Waals surface area contributed by atoms with Crippen molar-refractivity contribution in [2.24, 2.45) is 13.0 Å². The van der Waals surface area contributed by atoms with Crippen LogP contribution >= 0.6 is 0 Å². The number of rotatable bonds is 3. The molecule has 0 N–H and O–H groups in total. The molecule has 2 unspecified atom stereocenters. The molecule has 1 aliphatic heterocycles. The largest absolute Gasteiger partial charge is 0.382 e. The molecular formula is C13H20N2O4. The lowest BCUT2D eigenvalue weighted by Gasteiger charge is -2.17. The topological polar surface area (TPSA) is 62.5 Å². The summed E-state index contributed by atoms with van der Waals surface area (Å²) in [6.45, 7) is 4.28. The van der Waals surface area contributed by atoms with Gasteiger partial charge in [-0.05, 0) is 19.3 Å². The molecule has 0 saturated carbocycles. The Morgan fingerprint density at radius 3 is 2.79 bits per heavy atom. The number of aromatic nitrogens is 2. The quantitative estimate of drug-likeness (QED) is 0.797. The highest BCUT2D eigenvalue weighted by Crippen LogP contribution is 2.32. The highest BCUT2D eigenvalue weighted by molar-refractivity contribution is 5.03. The minimum Gasteiger partial charge on any atom is -0.382 e. The second kappa shape index (κ2) is 5.30. The van der Waals surface area contributed by atoms with Gasteiger partial charge in [-0.2, -0.15) is 0 Å². The van der Waals surface area contributed by atoms with Crippen molar-refractivity contribution in [1.82, 2.24) is 9.13 Å². The molecule has 1 aromatic rings. The van der Waals surface area contributed by atoms with E-state index in [4.69, 9.17) is 9.47 Å². The molecule has 0 amide bonds. The first kappa shape index (κ1) is 14.0. The van der Waals surface area contributed by atoms with Crippen LogP contribution in [0.15, 0.2) is 15.8 Å². The Labute approximate surface area is 111 Å². The maximum absolute atomic E-state index is 12.1. The van der Waals surface area contributed by atoms with Crippen molar-refractivity contribution < 1.29 is 9.47 Å². The number of nitrogens with zero attached hydrogens (tertiary/aromatic N) is 2. The standard InChI is InChI=1S/C13H20N2O4/c1-8-5-11(19-10(8)7-18-4)15-6-9(2)12(16)14(3)13(15)17/h6,8,10-11H,5,7H2,1-4H3/t8-,10?,11?/m1/s1. The fourth-order valence-electron chi connectivity index (χ4n) is 2.46. The fraction of sp³-hybridized carbons (Fsp3) is 0.692. The van der Waals surface area contributed by atoms with Crippen LogP contribution in [0.25, 0.3) is 0 Å². The Morgan fingerprint density at radius 1 is 1.47 bits per heavy atom. The summed E-state index contributed by atoms with van der Waals surface area (Å²) in [6, 6.07) is 0. The van der Waals surface area contributed by atoms with Crippen molar-refractivity contribution in [2.45, 2.75) is 32.6 Å². The first-order chi connectivity index (χ1) is 8.95. The van der Waals surface area contributed by atoms with Gasteiger partial charge in [-0.1, -0.05) is 6.92 Å². The van der Waals surface area contributed by atoms with Gasteiger partial charge in [-0.25, -0.2) is 4.79 Å². The molecule has 3 atom stereocenters. The van der Waals surface area contributed by atoms with E-state index in [2.05, 4.69) is 6.92 Å². The van der Waals surface area contributed by atoms with Crippen LogP contribution < -0.4 is 11.2 Å². The van der Waals surface area contributed by atoms with Crippen LogP contribution in [0, 0.1) is 12.8 Å². The molecule has 0 aromatic carbocycles. The van der Waals surface area contributed by atoms with Crippen LogP contribution in [-0.4, -0.2) is 29.0 Å². The van der Waals surface area contributed by atoms with E-state index in [1.54, 1.807) is 20.2 Å². The summed E-state index contributed by atoms with van der Waals surface area (Å²) in [5, 5.41) is 0. The molecule has 106 valence electrons. The minimum absolute atomic E-state index is 0.0144. The zero-order valence-electron chi connectivity index (χ0n) is 11.8. The number of ether oxygens (including phenoxy) is 2. The SMILES string of the molecule is COCC1OC(n2cc(C)c(=O)n(C)c2=O)C[C@H]1C. The monoisotopic (exact) mass is 268 g/mol. The summed E-state index contributed by atoms with van der Waals surface area (Å²) in [5.41, 5.74) is -0.0693. The summed E-state index contributed by atoms with van der Waals surface area (Å²) < 4.78 is 13.6. The molecule has 6 heteroatoms. The molecule has 6 nitrogen and oxygen atoms in total. The van der Waals surface area contributed by atoms with Crippen LogP contribution in [0.5, 0.6) is 0 Å². The van der Waals surface area contributed by atoms with Crippen molar-refractivity contribution in [1.29, 1.82) is 0 Å². The Morgan fingerprint density at radius 2 is 2.16 bits per heavy atom. The number of hydrogen-bond acceptors (Lipinski definition) is 4. The van der Waals surface area contributed by atoms with Gasteiger partial charge in [0.15, 0.2) is 0 Å². The number of methoxy groups -OCH3 is 1. The molecule has 2 rings (SSSR count). The van der Waals surface area contributed by atoms with E-state index in [1.807, 2.05) is 0 Å². The third kappa shape index (κ3) is 2.50. The van der Waals surface area contributed by atoms with E-state index in [9.17, 15) is 9.59 Å². The summed E-state index contributed by atoms with van der Waals surface area (Å²) in [6.07, 6.45) is 1.98. The molecular weight excluding hydrogens is 248 g/mol. The fourth-order valence-corrected chi connectivity index (χ4v) is 2.46. The first-order valence-corrected chi connectivity index (χ1v) is 6.39. The number of hydrogen-bond donors (Lipinski definition) is 0. The van der Waals surface area contributed by atoms with Gasteiger partial charge in [0.2, 0.25) is 0 Å². The lowest BCUT2D eigenvalue weighted by Crippen LogP contribution is -2.40. The third-order valence-corrected chi connectivity index (χ3v) is 3.66. The van der Waals surface area contributed by atoms with Crippen LogP contribution in [0.3, 0.4) is 0 Å². The van der Waals surface area contributed by atoms with Crippen molar-refractivity contribution in [3.05, 3.63) is 32.6 Å². The maximum Gasteiger partial charge on any atom is 0.332 e. The normalized spacial score (nSPS) is 26.8. The summed E-state index contributed by atoms with van der Waals surface area (Å²) >= 11 is 0. The van der Waals surface area contributed by atoms with Crippen LogP contribution in [0.1, 0.15) is 25.1 Å². The molecule has 1 aliphatic rings. The van der Waals surface area contributed by atoms with E-state index in [-0.39, 0.29) is 23.6 Å². The molecule has 1 aromatic heterocycles. The molecule has 19 heavy (non-hydrogen) atoms. The average Bonchev–Trinajstić information content (AvgIpc) is 2.73.